The van der Waals surface area contributed by atoms with Gasteiger partial charge in [-0.15, -0.1) is 0 Å². The number of unbranched alkanes of at least 4 members (excludes halogenated alkanes) is 4. The number of benzene rings is 5. The van der Waals surface area contributed by atoms with E-state index in [0.29, 0.717) is 73.2 Å². The number of hydrogen-bond acceptors (Lipinski definition) is 10. The Hall–Kier alpha value is -6.43. The molecule has 14 nitrogen and oxygen atoms in total. The number of carboxylic acid groups (broad SMARTS) is 2. The van der Waals surface area contributed by atoms with Gasteiger partial charge < -0.3 is 33.4 Å². The van der Waals surface area contributed by atoms with Gasteiger partial charge in [0.1, 0.15) is 51.4 Å². The maximum atomic E-state index is 12.1. The summed E-state index contributed by atoms with van der Waals surface area (Å²) in [5.74, 6) is -0.764. The number of carboxylic acids is 2. The number of rotatable bonds is 19. The lowest BCUT2D eigenvalue weighted by Gasteiger charge is -2.36. The second-order valence-corrected chi connectivity index (χ2v) is 24.3. The van der Waals surface area contributed by atoms with Crippen LogP contribution in [0.3, 0.4) is 0 Å². The number of likely N-dealkylation sites (N-methyl/N-ethyl adjacent to an activating group) is 1. The summed E-state index contributed by atoms with van der Waals surface area (Å²) in [7, 11) is -5.15. The molecule has 0 aromatic heterocycles. The Morgan fingerprint density at radius 3 is 1.97 bits per heavy atom. The van der Waals surface area contributed by atoms with Crippen molar-refractivity contribution in [3.05, 3.63) is 149 Å². The van der Waals surface area contributed by atoms with Gasteiger partial charge in [0.05, 0.1) is 29.3 Å². The molecule has 0 amide bonds. The first-order chi connectivity index (χ1) is 34.8. The monoisotopic (exact) mass is 1040 g/mol. The van der Waals surface area contributed by atoms with Gasteiger partial charge in [0.2, 0.25) is 5.69 Å². The normalized spacial score (nSPS) is 18.3. The molecule has 0 saturated heterocycles. The van der Waals surface area contributed by atoms with Crippen molar-refractivity contribution in [1.82, 2.24) is 0 Å². The third-order valence-electron chi connectivity index (χ3n) is 14.6. The lowest BCUT2D eigenvalue weighted by Crippen LogP contribution is -2.46. The van der Waals surface area contributed by atoms with Gasteiger partial charge in [-0.1, -0.05) is 56.2 Å². The van der Waals surface area contributed by atoms with Crippen molar-refractivity contribution in [2.24, 2.45) is 0 Å². The standard InChI is InChI=1S/C58H65N3O11S2/c1-38-16-26-46-39(34-38)17-28-48-54(46)57(2,3)50(59(48)32-12-8-10-14-52(62)63)30-19-41-36-61(6,7)37-42(56(41)72-43-21-23-44(24-22-43)73(66,67)68)20-31-51-58(4,5)55-47-27-25-45(74(69,70)71)35-40(47)18-29-49(55)60(51)33-13-9-11-15-53(64)65/h16-31,34-35H,8-15,32-33,36-37H2,1-7H3,(H2-2,62,63,64,65,66,67,68,69,70,71). The molecule has 0 bridgehead atoms. The summed E-state index contributed by atoms with van der Waals surface area (Å²) in [5, 5.41) is 22.4. The number of fused-ring (bicyclic) bond motifs is 6. The highest BCUT2D eigenvalue weighted by atomic mass is 32.2. The van der Waals surface area contributed by atoms with Crippen molar-refractivity contribution in [2.45, 2.75) is 107 Å². The molecular formula is C58H65N3O11S2. The van der Waals surface area contributed by atoms with Crippen LogP contribution in [0, 0.1) is 6.92 Å². The van der Waals surface area contributed by atoms with Crippen LogP contribution in [0.2, 0.25) is 0 Å². The highest BCUT2D eigenvalue weighted by Gasteiger charge is 2.46. The van der Waals surface area contributed by atoms with E-state index < -0.39 is 43.0 Å². The van der Waals surface area contributed by atoms with Crippen molar-refractivity contribution in [3.63, 3.8) is 0 Å². The summed E-state index contributed by atoms with van der Waals surface area (Å²) in [4.78, 5) is 24.3. The summed E-state index contributed by atoms with van der Waals surface area (Å²) >= 11 is 0. The molecule has 390 valence electrons. The van der Waals surface area contributed by atoms with Crippen LogP contribution in [0.25, 0.3) is 21.5 Å². The van der Waals surface area contributed by atoms with Gasteiger partial charge in [0.25, 0.3) is 0 Å². The third kappa shape index (κ3) is 11.3. The van der Waals surface area contributed by atoms with Crippen LogP contribution in [0.4, 0.5) is 11.4 Å². The molecule has 8 rings (SSSR count). The summed E-state index contributed by atoms with van der Waals surface area (Å²) in [5.41, 5.74) is 7.94. The van der Waals surface area contributed by atoms with E-state index in [-0.39, 0.29) is 22.6 Å². The summed E-state index contributed by atoms with van der Waals surface area (Å²) in [6.45, 7) is 13.1. The molecule has 0 saturated carbocycles. The smallest absolute Gasteiger partial charge is 0.303 e. The van der Waals surface area contributed by atoms with Gasteiger partial charge in [-0.3, -0.25) is 9.59 Å². The van der Waals surface area contributed by atoms with E-state index in [4.69, 9.17) is 4.74 Å². The number of allylic oxidation sites excluding steroid dienone is 4. The molecule has 3 heterocycles. The molecule has 0 radical (unpaired) electrons. The summed E-state index contributed by atoms with van der Waals surface area (Å²) in [6.07, 6.45) is 12.6. The number of ether oxygens (including phenoxy) is 1. The molecule has 16 heteroatoms. The molecule has 3 aliphatic rings. The van der Waals surface area contributed by atoms with E-state index in [0.717, 1.165) is 68.5 Å². The van der Waals surface area contributed by atoms with Gasteiger partial charge in [0.15, 0.2) is 5.71 Å². The van der Waals surface area contributed by atoms with Gasteiger partial charge >= 0.3 is 11.9 Å². The quantitative estimate of drug-likeness (QED) is 0.0343. The number of carbonyl (C=O) groups is 2. The summed E-state index contributed by atoms with van der Waals surface area (Å²) in [6, 6.07) is 24.5. The third-order valence-corrected chi connectivity index (χ3v) is 16.3. The van der Waals surface area contributed by atoms with Crippen LogP contribution in [-0.4, -0.2) is 103 Å². The minimum Gasteiger partial charge on any atom is -0.744 e. The van der Waals surface area contributed by atoms with Gasteiger partial charge in [-0.25, -0.2) is 16.8 Å². The molecule has 0 spiro atoms. The van der Waals surface area contributed by atoms with E-state index >= 15 is 0 Å². The topological polar surface area (TPSA) is 204 Å². The Labute approximate surface area is 434 Å². The molecular weight excluding hydrogens is 979 g/mol. The molecule has 0 aliphatic carbocycles. The fraction of sp³-hybridized carbons (Fsp3) is 0.362. The van der Waals surface area contributed by atoms with E-state index in [1.165, 1.54) is 47.5 Å². The number of aryl methyl sites for hydroxylation is 1. The Morgan fingerprint density at radius 1 is 0.703 bits per heavy atom. The first-order valence-corrected chi connectivity index (χ1v) is 27.9. The second-order valence-electron chi connectivity index (χ2n) is 21.5. The van der Waals surface area contributed by atoms with Gasteiger partial charge in [-0.2, -0.15) is 4.58 Å². The maximum absolute atomic E-state index is 12.1. The summed E-state index contributed by atoms with van der Waals surface area (Å²) < 4.78 is 82.0. The van der Waals surface area contributed by atoms with Crippen LogP contribution in [0.1, 0.15) is 95.8 Å². The molecule has 0 fully saturated rings. The molecule has 3 aliphatic heterocycles. The number of hydrogen-bond donors (Lipinski definition) is 2. The van der Waals surface area contributed by atoms with E-state index in [2.05, 4.69) is 113 Å². The predicted molar refractivity (Wildman–Crippen MR) is 285 cm³/mol. The SMILES string of the molecule is Cc1ccc2c3c(ccc2c1)[N+](CCCCCC(=O)O)=C(/C=C/C1=C(Oc2ccc(S(=O)(=O)[O-])cc2)C(=C/C=C2/N(CCCCCC(=O)O)c4ccc5cc(S(=O)(=O)[O-])ccc5c4C2(C)C)/C[N+](C)(C)C1)C3(C)C. The van der Waals surface area contributed by atoms with Crippen molar-refractivity contribution >= 4 is 70.8 Å². The largest absolute Gasteiger partial charge is 0.744 e. The first kappa shape index (κ1) is 53.8. The number of quaternary nitrogens is 1. The molecule has 5 aromatic rings. The van der Waals surface area contributed by atoms with Crippen molar-refractivity contribution in [3.8, 4) is 5.75 Å². The number of anilines is 1. The Balaban J connectivity index is 1.28. The zero-order valence-electron chi connectivity index (χ0n) is 43.1. The zero-order chi connectivity index (χ0) is 53.5. The van der Waals surface area contributed by atoms with E-state index in [1.807, 2.05) is 12.1 Å². The highest BCUT2D eigenvalue weighted by Crippen LogP contribution is 2.51. The second kappa shape index (κ2) is 20.7. The van der Waals surface area contributed by atoms with Crippen molar-refractivity contribution in [2.75, 3.05) is 45.2 Å². The van der Waals surface area contributed by atoms with Crippen molar-refractivity contribution < 1.29 is 59.5 Å². The lowest BCUT2D eigenvalue weighted by atomic mass is 9.78. The highest BCUT2D eigenvalue weighted by molar-refractivity contribution is 7.86. The fourth-order valence-electron chi connectivity index (χ4n) is 11.2. The molecule has 2 N–H and O–H groups in total. The first-order valence-electron chi connectivity index (χ1n) is 25.1. The van der Waals surface area contributed by atoms with Crippen molar-refractivity contribution in [1.29, 1.82) is 0 Å². The van der Waals surface area contributed by atoms with Crippen LogP contribution < -0.4 is 9.64 Å². The lowest BCUT2D eigenvalue weighted by molar-refractivity contribution is -0.882. The van der Waals surface area contributed by atoms with E-state index in [9.17, 15) is 45.7 Å². The minimum absolute atomic E-state index is 0.0643. The Morgan fingerprint density at radius 2 is 1.31 bits per heavy atom. The fourth-order valence-corrected chi connectivity index (χ4v) is 12.2. The molecule has 0 atom stereocenters. The van der Waals surface area contributed by atoms with Gasteiger partial charge in [0, 0.05) is 71.5 Å². The van der Waals surface area contributed by atoms with Crippen LogP contribution >= 0.6 is 0 Å². The van der Waals surface area contributed by atoms with Crippen LogP contribution in [0.5, 0.6) is 5.75 Å². The number of nitrogens with zero attached hydrogens (tertiary/aromatic N) is 3. The predicted octanol–water partition coefficient (Wildman–Crippen LogP) is 10.4. The molecule has 5 aromatic carbocycles. The maximum Gasteiger partial charge on any atom is 0.303 e. The average molecular weight is 1040 g/mol. The van der Waals surface area contributed by atoms with Crippen LogP contribution in [0.15, 0.2) is 142 Å². The number of aliphatic carboxylic acids is 2. The Bertz CT molecular complexity index is 3470. The van der Waals surface area contributed by atoms with Crippen LogP contribution in [-0.2, 0) is 40.7 Å². The molecule has 74 heavy (non-hydrogen) atoms. The molecule has 0 unspecified atom stereocenters. The average Bonchev–Trinajstić information content (AvgIpc) is 3.67. The van der Waals surface area contributed by atoms with Gasteiger partial charge in [-0.05, 0) is 140 Å². The minimum atomic E-state index is -4.73. The Kier molecular flexibility index (Phi) is 15.1. The van der Waals surface area contributed by atoms with E-state index in [1.54, 1.807) is 6.07 Å². The zero-order valence-corrected chi connectivity index (χ0v) is 44.7.